The molecule has 0 unspecified atom stereocenters. The summed E-state index contributed by atoms with van der Waals surface area (Å²) < 4.78 is 5.12. The first-order chi connectivity index (χ1) is 15.5. The fourth-order valence-corrected chi connectivity index (χ4v) is 3.61. The number of fused-ring (bicyclic) bond motifs is 1. The lowest BCUT2D eigenvalue weighted by Crippen LogP contribution is -2.23. The molecular formula is C26H26N4O2. The van der Waals surface area contributed by atoms with Crippen LogP contribution in [-0.4, -0.2) is 42.0 Å². The Morgan fingerprint density at radius 2 is 2.06 bits per heavy atom. The fraction of sp³-hybridized carbons (Fsp3) is 0.154. The highest BCUT2D eigenvalue weighted by Gasteiger charge is 2.17. The summed E-state index contributed by atoms with van der Waals surface area (Å²) in [6.07, 6.45) is 15.3. The summed E-state index contributed by atoms with van der Waals surface area (Å²) in [4.78, 5) is 22.3. The Labute approximate surface area is 187 Å². The second-order valence-electron chi connectivity index (χ2n) is 7.72. The quantitative estimate of drug-likeness (QED) is 0.521. The highest BCUT2D eigenvalue weighted by Crippen LogP contribution is 2.32. The van der Waals surface area contributed by atoms with Crippen LogP contribution in [0.5, 0.6) is 0 Å². The zero-order chi connectivity index (χ0) is 22.7. The van der Waals surface area contributed by atoms with Gasteiger partial charge in [-0.2, -0.15) is 0 Å². The number of aromatic amines is 1. The van der Waals surface area contributed by atoms with Crippen LogP contribution in [0.3, 0.4) is 0 Å². The number of methoxy groups -OCH3 is 1. The number of H-pyrrole nitrogens is 1. The van der Waals surface area contributed by atoms with Gasteiger partial charge in [0.1, 0.15) is 5.65 Å². The van der Waals surface area contributed by atoms with E-state index >= 15 is 0 Å². The Kier molecular flexibility index (Phi) is 5.94. The van der Waals surface area contributed by atoms with Gasteiger partial charge in [-0.25, -0.2) is 4.98 Å². The van der Waals surface area contributed by atoms with E-state index in [-0.39, 0.29) is 5.91 Å². The van der Waals surface area contributed by atoms with Gasteiger partial charge >= 0.3 is 0 Å². The number of aromatic nitrogens is 2. The van der Waals surface area contributed by atoms with Gasteiger partial charge in [-0.15, -0.1) is 0 Å². The van der Waals surface area contributed by atoms with Crippen molar-refractivity contribution in [3.63, 3.8) is 0 Å². The van der Waals surface area contributed by atoms with E-state index in [1.165, 1.54) is 7.11 Å². The molecule has 0 radical (unpaired) electrons. The molecule has 1 amide bonds. The maximum Gasteiger partial charge on any atom is 0.255 e. The number of allylic oxidation sites excluding steroid dienone is 6. The molecule has 2 aromatic heterocycles. The van der Waals surface area contributed by atoms with E-state index in [1.807, 2.05) is 30.6 Å². The van der Waals surface area contributed by atoms with Crippen molar-refractivity contribution in [1.29, 1.82) is 0 Å². The van der Waals surface area contributed by atoms with Crippen LogP contribution in [0.15, 0.2) is 79.5 Å². The fourth-order valence-electron chi connectivity index (χ4n) is 3.61. The van der Waals surface area contributed by atoms with Crippen molar-refractivity contribution in [1.82, 2.24) is 14.9 Å². The molecule has 4 rings (SSSR count). The Hall–Kier alpha value is -4.06. The molecule has 3 aromatic rings. The molecule has 6 heteroatoms. The predicted octanol–water partition coefficient (Wildman–Crippen LogP) is 5.36. The van der Waals surface area contributed by atoms with Crippen molar-refractivity contribution in [2.75, 3.05) is 26.5 Å². The monoisotopic (exact) mass is 426 g/mol. The molecule has 162 valence electrons. The van der Waals surface area contributed by atoms with E-state index in [0.717, 1.165) is 39.7 Å². The summed E-state index contributed by atoms with van der Waals surface area (Å²) in [6, 6.07) is 7.80. The molecule has 2 heterocycles. The molecule has 1 aromatic carbocycles. The van der Waals surface area contributed by atoms with E-state index < -0.39 is 0 Å². The van der Waals surface area contributed by atoms with Crippen LogP contribution in [0.4, 0.5) is 5.69 Å². The summed E-state index contributed by atoms with van der Waals surface area (Å²) in [5.41, 5.74) is 6.04. The van der Waals surface area contributed by atoms with Gasteiger partial charge in [0.25, 0.3) is 5.91 Å². The minimum absolute atomic E-state index is 0.116. The zero-order valence-corrected chi connectivity index (χ0v) is 18.5. The van der Waals surface area contributed by atoms with Gasteiger partial charge in [0.05, 0.1) is 18.4 Å². The van der Waals surface area contributed by atoms with Crippen molar-refractivity contribution in [3.8, 4) is 11.1 Å². The van der Waals surface area contributed by atoms with E-state index in [1.54, 1.807) is 19.0 Å². The lowest BCUT2D eigenvalue weighted by molar-refractivity contribution is 0.0828. The van der Waals surface area contributed by atoms with Crippen LogP contribution >= 0.6 is 0 Å². The van der Waals surface area contributed by atoms with Crippen LogP contribution in [-0.2, 0) is 4.74 Å². The first kappa shape index (κ1) is 21.2. The molecule has 0 saturated heterocycles. The van der Waals surface area contributed by atoms with Crippen molar-refractivity contribution >= 4 is 28.2 Å². The Balaban J connectivity index is 1.79. The Morgan fingerprint density at radius 3 is 2.84 bits per heavy atom. The number of nitrogens with zero attached hydrogens (tertiary/aromatic N) is 2. The average molecular weight is 427 g/mol. The molecule has 6 nitrogen and oxygen atoms in total. The van der Waals surface area contributed by atoms with E-state index in [4.69, 9.17) is 4.74 Å². The molecule has 0 saturated carbocycles. The predicted molar refractivity (Wildman–Crippen MR) is 130 cm³/mol. The molecule has 0 spiro atoms. The first-order valence-electron chi connectivity index (χ1n) is 10.3. The molecule has 0 atom stereocenters. The zero-order valence-electron chi connectivity index (χ0n) is 18.5. The van der Waals surface area contributed by atoms with Gasteiger partial charge in [0.2, 0.25) is 0 Å². The van der Waals surface area contributed by atoms with Gasteiger partial charge in [0.15, 0.2) is 5.88 Å². The van der Waals surface area contributed by atoms with Crippen LogP contribution in [0.25, 0.3) is 27.7 Å². The lowest BCUT2D eigenvalue weighted by Gasteiger charge is -2.17. The second kappa shape index (κ2) is 8.98. The smallest absolute Gasteiger partial charge is 0.255 e. The molecule has 0 aliphatic heterocycles. The van der Waals surface area contributed by atoms with E-state index in [2.05, 4.69) is 58.3 Å². The van der Waals surface area contributed by atoms with Crippen molar-refractivity contribution in [2.45, 2.75) is 6.42 Å². The number of anilines is 1. The highest BCUT2D eigenvalue weighted by molar-refractivity contribution is 6.01. The number of benzene rings is 1. The van der Waals surface area contributed by atoms with Crippen molar-refractivity contribution in [2.24, 2.45) is 0 Å². The van der Waals surface area contributed by atoms with Gasteiger partial charge < -0.3 is 19.9 Å². The standard InChI is InChI=1S/C26H26N4O2/c1-17(32-4)29-24-12-11-19(13-22(24)26(31)30(2)3)20-14-21-23(16-28-25(21)27-15-20)18-9-7-5-6-8-10-18/h5,7-16,29H,1,6H2,2-4H3,(H,27,28). The van der Waals surface area contributed by atoms with E-state index in [0.29, 0.717) is 17.1 Å². The minimum atomic E-state index is -0.116. The number of amides is 1. The Morgan fingerprint density at radius 1 is 1.22 bits per heavy atom. The molecule has 32 heavy (non-hydrogen) atoms. The van der Waals surface area contributed by atoms with Crippen LogP contribution in [0.1, 0.15) is 22.3 Å². The van der Waals surface area contributed by atoms with E-state index in [9.17, 15) is 4.79 Å². The van der Waals surface area contributed by atoms with Gasteiger partial charge in [-0.3, -0.25) is 4.79 Å². The third-order valence-corrected chi connectivity index (χ3v) is 5.33. The summed E-state index contributed by atoms with van der Waals surface area (Å²) in [5.74, 6) is 0.250. The summed E-state index contributed by atoms with van der Waals surface area (Å²) in [6.45, 7) is 3.80. The summed E-state index contributed by atoms with van der Waals surface area (Å²) in [7, 11) is 4.99. The third kappa shape index (κ3) is 4.21. The number of carbonyl (C=O) groups excluding carboxylic acids is 1. The van der Waals surface area contributed by atoms with Gasteiger partial charge in [0, 0.05) is 43.0 Å². The number of hydrogen-bond donors (Lipinski definition) is 2. The summed E-state index contributed by atoms with van der Waals surface area (Å²) >= 11 is 0. The number of nitrogens with one attached hydrogen (secondary N) is 2. The lowest BCUT2D eigenvalue weighted by atomic mass is 9.99. The average Bonchev–Trinajstić information content (AvgIpc) is 3.03. The minimum Gasteiger partial charge on any atom is -0.483 e. The number of rotatable bonds is 6. The molecule has 1 aliphatic carbocycles. The van der Waals surface area contributed by atoms with Crippen molar-refractivity contribution in [3.05, 3.63) is 90.6 Å². The largest absolute Gasteiger partial charge is 0.483 e. The topological polar surface area (TPSA) is 70.2 Å². The normalized spacial score (nSPS) is 12.9. The van der Waals surface area contributed by atoms with Crippen LogP contribution in [0.2, 0.25) is 0 Å². The highest BCUT2D eigenvalue weighted by atomic mass is 16.5. The van der Waals surface area contributed by atoms with Gasteiger partial charge in [-0.05, 0) is 42.3 Å². The molecule has 2 N–H and O–H groups in total. The summed E-state index contributed by atoms with van der Waals surface area (Å²) in [5, 5.41) is 4.08. The Bertz CT molecular complexity index is 1280. The molecular weight excluding hydrogens is 400 g/mol. The SMILES string of the molecule is C=C(Nc1ccc(-c2cnc3[nH]cc(C4=CC=CCC=C4)c3c2)cc1C(=O)N(C)C)OC. The number of hydrogen-bond acceptors (Lipinski definition) is 4. The second-order valence-corrected chi connectivity index (χ2v) is 7.72. The molecule has 0 fully saturated rings. The van der Waals surface area contributed by atoms with Crippen molar-refractivity contribution < 1.29 is 9.53 Å². The molecule has 0 bridgehead atoms. The molecule has 1 aliphatic rings. The maximum absolute atomic E-state index is 12.9. The maximum atomic E-state index is 12.9. The third-order valence-electron chi connectivity index (χ3n) is 5.33. The van der Waals surface area contributed by atoms with Crippen LogP contribution < -0.4 is 5.32 Å². The number of carbonyl (C=O) groups is 1. The number of ether oxygens (including phenoxy) is 1. The number of pyridine rings is 1. The van der Waals surface area contributed by atoms with Crippen LogP contribution in [0, 0.1) is 0 Å². The first-order valence-corrected chi connectivity index (χ1v) is 10.3. The van der Waals surface area contributed by atoms with Gasteiger partial charge in [-0.1, -0.05) is 36.4 Å².